The summed E-state index contributed by atoms with van der Waals surface area (Å²) in [6.07, 6.45) is 0.914. The van der Waals surface area contributed by atoms with Gasteiger partial charge in [0.15, 0.2) is 0 Å². The van der Waals surface area contributed by atoms with Crippen LogP contribution in [0.1, 0.15) is 58.3 Å². The lowest BCUT2D eigenvalue weighted by Crippen LogP contribution is -2.36. The number of rotatable bonds is 5. The SMILES string of the molecule is Cc1cc(C(C)C)nc(NC(CCN)C(C)(C)C)n1. The zero-order valence-corrected chi connectivity index (χ0v) is 13.1. The predicted molar refractivity (Wildman–Crippen MR) is 81.4 cm³/mol. The minimum atomic E-state index is 0.129. The van der Waals surface area contributed by atoms with Crippen LogP contribution in [-0.2, 0) is 0 Å². The highest BCUT2D eigenvalue weighted by Gasteiger charge is 2.24. The summed E-state index contributed by atoms with van der Waals surface area (Å²) in [4.78, 5) is 9.09. The molecule has 0 aliphatic rings. The van der Waals surface area contributed by atoms with E-state index in [0.717, 1.165) is 23.8 Å². The third-order valence-corrected chi connectivity index (χ3v) is 3.27. The summed E-state index contributed by atoms with van der Waals surface area (Å²) in [6, 6.07) is 2.32. The van der Waals surface area contributed by atoms with Gasteiger partial charge in [0.2, 0.25) is 5.95 Å². The lowest BCUT2D eigenvalue weighted by molar-refractivity contribution is 0.327. The number of nitrogens with one attached hydrogen (secondary N) is 1. The molecule has 1 unspecified atom stereocenters. The Kier molecular flexibility index (Phi) is 5.29. The van der Waals surface area contributed by atoms with Crippen molar-refractivity contribution in [3.05, 3.63) is 17.5 Å². The second-order valence-electron chi connectivity index (χ2n) is 6.55. The quantitative estimate of drug-likeness (QED) is 0.858. The normalized spacial score (nSPS) is 13.7. The van der Waals surface area contributed by atoms with Crippen LogP contribution in [0.4, 0.5) is 5.95 Å². The smallest absolute Gasteiger partial charge is 0.223 e. The number of aromatic nitrogens is 2. The Balaban J connectivity index is 2.96. The van der Waals surface area contributed by atoms with Crippen molar-refractivity contribution < 1.29 is 0 Å². The first kappa shape index (κ1) is 15.9. The molecule has 1 heterocycles. The minimum Gasteiger partial charge on any atom is -0.351 e. The van der Waals surface area contributed by atoms with Crippen molar-refractivity contribution in [3.8, 4) is 0 Å². The van der Waals surface area contributed by atoms with Crippen molar-refractivity contribution >= 4 is 5.95 Å². The summed E-state index contributed by atoms with van der Waals surface area (Å²) in [5, 5.41) is 3.45. The molecule has 0 aliphatic heterocycles. The summed E-state index contributed by atoms with van der Waals surface area (Å²) in [7, 11) is 0. The van der Waals surface area contributed by atoms with Gasteiger partial charge in [-0.1, -0.05) is 34.6 Å². The maximum Gasteiger partial charge on any atom is 0.223 e. The van der Waals surface area contributed by atoms with Gasteiger partial charge in [-0.05, 0) is 37.3 Å². The van der Waals surface area contributed by atoms with Crippen LogP contribution in [0, 0.1) is 12.3 Å². The number of anilines is 1. The van der Waals surface area contributed by atoms with E-state index in [2.05, 4.69) is 49.9 Å². The fourth-order valence-corrected chi connectivity index (χ4v) is 2.00. The van der Waals surface area contributed by atoms with Crippen LogP contribution in [0.2, 0.25) is 0 Å². The van der Waals surface area contributed by atoms with Gasteiger partial charge in [0, 0.05) is 17.4 Å². The zero-order chi connectivity index (χ0) is 14.6. The topological polar surface area (TPSA) is 63.8 Å². The highest BCUT2D eigenvalue weighted by molar-refractivity contribution is 5.31. The zero-order valence-electron chi connectivity index (χ0n) is 13.1. The Morgan fingerprint density at radius 3 is 2.37 bits per heavy atom. The summed E-state index contributed by atoms with van der Waals surface area (Å²) in [5.41, 5.74) is 7.92. The lowest BCUT2D eigenvalue weighted by Gasteiger charge is -2.31. The molecule has 4 heteroatoms. The maximum absolute atomic E-state index is 5.71. The van der Waals surface area contributed by atoms with E-state index in [4.69, 9.17) is 5.73 Å². The molecule has 0 saturated carbocycles. The third kappa shape index (κ3) is 4.78. The van der Waals surface area contributed by atoms with E-state index in [1.165, 1.54) is 0 Å². The molecule has 1 aromatic heterocycles. The van der Waals surface area contributed by atoms with Gasteiger partial charge >= 0.3 is 0 Å². The first-order valence-electron chi connectivity index (χ1n) is 7.06. The van der Waals surface area contributed by atoms with Gasteiger partial charge in [-0.25, -0.2) is 9.97 Å². The van der Waals surface area contributed by atoms with Crippen molar-refractivity contribution in [2.45, 2.75) is 59.9 Å². The molecule has 0 amide bonds. The largest absolute Gasteiger partial charge is 0.351 e. The van der Waals surface area contributed by atoms with Crippen molar-refractivity contribution in [1.29, 1.82) is 0 Å². The summed E-state index contributed by atoms with van der Waals surface area (Å²) >= 11 is 0. The molecule has 1 atom stereocenters. The van der Waals surface area contributed by atoms with Gasteiger partial charge < -0.3 is 11.1 Å². The van der Waals surface area contributed by atoms with Crippen LogP contribution >= 0.6 is 0 Å². The second-order valence-corrected chi connectivity index (χ2v) is 6.55. The fraction of sp³-hybridized carbons (Fsp3) is 0.733. The molecule has 3 N–H and O–H groups in total. The van der Waals surface area contributed by atoms with Gasteiger partial charge in [0.05, 0.1) is 0 Å². The van der Waals surface area contributed by atoms with Gasteiger partial charge in [0.1, 0.15) is 0 Å². The van der Waals surface area contributed by atoms with Crippen molar-refractivity contribution in [2.75, 3.05) is 11.9 Å². The Labute approximate surface area is 117 Å². The van der Waals surface area contributed by atoms with Crippen LogP contribution in [0.5, 0.6) is 0 Å². The average molecular weight is 264 g/mol. The van der Waals surface area contributed by atoms with Crippen LogP contribution in [0.3, 0.4) is 0 Å². The Hall–Kier alpha value is -1.16. The minimum absolute atomic E-state index is 0.129. The first-order valence-corrected chi connectivity index (χ1v) is 7.06. The standard InChI is InChI=1S/C15H28N4/c1-10(2)12-9-11(3)17-14(18-12)19-13(7-8-16)15(4,5)6/h9-10,13H,7-8,16H2,1-6H3,(H,17,18,19). The van der Waals surface area contributed by atoms with Crippen LogP contribution in [0.15, 0.2) is 6.07 Å². The van der Waals surface area contributed by atoms with E-state index < -0.39 is 0 Å². The van der Waals surface area contributed by atoms with E-state index in [9.17, 15) is 0 Å². The Morgan fingerprint density at radius 2 is 1.89 bits per heavy atom. The molecule has 0 aromatic carbocycles. The predicted octanol–water partition coefficient (Wildman–Crippen LogP) is 3.08. The highest BCUT2D eigenvalue weighted by Crippen LogP contribution is 2.25. The van der Waals surface area contributed by atoms with E-state index in [1.54, 1.807) is 0 Å². The van der Waals surface area contributed by atoms with Gasteiger partial charge in [-0.15, -0.1) is 0 Å². The molecule has 0 radical (unpaired) electrons. The first-order chi connectivity index (χ1) is 8.74. The molecule has 0 saturated heterocycles. The Morgan fingerprint density at radius 1 is 1.26 bits per heavy atom. The highest BCUT2D eigenvalue weighted by atomic mass is 15.1. The summed E-state index contributed by atoms with van der Waals surface area (Å²) in [6.45, 7) is 13.6. The maximum atomic E-state index is 5.71. The fourth-order valence-electron chi connectivity index (χ4n) is 2.00. The second kappa shape index (κ2) is 6.33. The molecule has 0 fully saturated rings. The van der Waals surface area contributed by atoms with Crippen LogP contribution < -0.4 is 11.1 Å². The van der Waals surface area contributed by atoms with Gasteiger partial charge in [-0.2, -0.15) is 0 Å². The van der Waals surface area contributed by atoms with Crippen molar-refractivity contribution in [1.82, 2.24) is 9.97 Å². The molecule has 0 spiro atoms. The molecule has 0 bridgehead atoms. The summed E-state index contributed by atoms with van der Waals surface area (Å²) in [5.74, 6) is 1.13. The number of nitrogens with two attached hydrogens (primary N) is 1. The Bertz CT molecular complexity index is 407. The molecule has 1 aromatic rings. The van der Waals surface area contributed by atoms with E-state index in [-0.39, 0.29) is 11.5 Å². The molecule has 4 nitrogen and oxygen atoms in total. The van der Waals surface area contributed by atoms with Crippen LogP contribution in [0.25, 0.3) is 0 Å². The number of hydrogen-bond donors (Lipinski definition) is 2. The van der Waals surface area contributed by atoms with E-state index in [1.807, 2.05) is 13.0 Å². The molecule has 0 aliphatic carbocycles. The molecular formula is C15H28N4. The third-order valence-electron chi connectivity index (χ3n) is 3.27. The van der Waals surface area contributed by atoms with Crippen molar-refractivity contribution in [2.24, 2.45) is 11.1 Å². The molecular weight excluding hydrogens is 236 g/mol. The molecule has 19 heavy (non-hydrogen) atoms. The van der Waals surface area contributed by atoms with Crippen LogP contribution in [-0.4, -0.2) is 22.6 Å². The molecule has 108 valence electrons. The van der Waals surface area contributed by atoms with E-state index in [0.29, 0.717) is 12.5 Å². The lowest BCUT2D eigenvalue weighted by atomic mass is 9.85. The number of hydrogen-bond acceptors (Lipinski definition) is 4. The monoisotopic (exact) mass is 264 g/mol. The number of aryl methyl sites for hydroxylation is 1. The van der Waals surface area contributed by atoms with Gasteiger partial charge in [0.25, 0.3) is 0 Å². The molecule has 1 rings (SSSR count). The van der Waals surface area contributed by atoms with Crippen molar-refractivity contribution in [3.63, 3.8) is 0 Å². The van der Waals surface area contributed by atoms with Gasteiger partial charge in [-0.3, -0.25) is 0 Å². The average Bonchev–Trinajstić information content (AvgIpc) is 2.26. The van der Waals surface area contributed by atoms with E-state index >= 15 is 0 Å². The summed E-state index contributed by atoms with van der Waals surface area (Å²) < 4.78 is 0. The number of nitrogens with zero attached hydrogens (tertiary/aromatic N) is 2.